The molecule has 0 radical (unpaired) electrons. The van der Waals surface area contributed by atoms with E-state index in [-0.39, 0.29) is 62.2 Å². The molecule has 0 bridgehead atoms. The summed E-state index contributed by atoms with van der Waals surface area (Å²) in [6, 6.07) is -8.52. The number of carbonyl (C=O) groups excluding carboxylic acids is 10. The Morgan fingerprint density at radius 1 is 0.514 bits per heavy atom. The molecule has 0 saturated carbocycles. The largest absolute Gasteiger partial charge is 0.481 e. The molecule has 6 N–H and O–H groups in total. The Bertz CT molecular complexity index is 1880. The second kappa shape index (κ2) is 31.6. The molecular weight excluding hydrogens is 933 g/mol. The van der Waals surface area contributed by atoms with Crippen molar-refractivity contribution in [3.63, 3.8) is 0 Å². The van der Waals surface area contributed by atoms with Gasteiger partial charge in [-0.2, -0.15) is 0 Å². The molecule has 0 aromatic carbocycles. The highest BCUT2D eigenvalue weighted by Crippen LogP contribution is 2.20. The highest BCUT2D eigenvalue weighted by atomic mass is 16.4. The SMILES string of the molecule is CCCC(=O)N(C)C(C[C@H](C)CC(=O)O)C(=O)N[C@@H](CC)C(=O)N(C)CC(=O)N(C)[C@@H](CC(C)C)C(=O)N[C@H](C(=O)N(C)[C@@H](CC(C)C)C(=O)N[C@H](C)C(=O)NC(=O)N(C)[C@@H](CC(C)C)C(=O)NC)C(C)C. The van der Waals surface area contributed by atoms with E-state index in [1.54, 1.807) is 27.7 Å². The molecule has 0 rings (SSSR count). The summed E-state index contributed by atoms with van der Waals surface area (Å²) in [5.74, 6) is -7.64. The van der Waals surface area contributed by atoms with Crippen molar-refractivity contribution in [2.75, 3.05) is 48.8 Å². The van der Waals surface area contributed by atoms with Gasteiger partial charge in [0.25, 0.3) is 0 Å². The third-order valence-electron chi connectivity index (χ3n) is 12.5. The number of likely N-dealkylation sites (N-methyl/N-ethyl adjacent to an activating group) is 6. The van der Waals surface area contributed by atoms with E-state index in [2.05, 4.69) is 26.6 Å². The van der Waals surface area contributed by atoms with Crippen molar-refractivity contribution < 1.29 is 57.8 Å². The van der Waals surface area contributed by atoms with Gasteiger partial charge in [0.15, 0.2) is 0 Å². The van der Waals surface area contributed by atoms with Crippen LogP contribution in [0.1, 0.15) is 134 Å². The lowest BCUT2D eigenvalue weighted by Crippen LogP contribution is -2.60. The number of carboxylic acid groups (broad SMARTS) is 1. The molecule has 22 nitrogen and oxygen atoms in total. The van der Waals surface area contributed by atoms with Crippen LogP contribution in [0, 0.1) is 29.6 Å². The average molecular weight is 1020 g/mol. The van der Waals surface area contributed by atoms with Crippen LogP contribution in [0.5, 0.6) is 0 Å². The van der Waals surface area contributed by atoms with E-state index in [1.165, 1.54) is 63.9 Å². The van der Waals surface area contributed by atoms with Crippen LogP contribution in [0.4, 0.5) is 4.79 Å². The summed E-state index contributed by atoms with van der Waals surface area (Å²) in [5.41, 5.74) is 0. The summed E-state index contributed by atoms with van der Waals surface area (Å²) in [5, 5.41) is 22.2. The molecule has 0 aliphatic carbocycles. The van der Waals surface area contributed by atoms with E-state index < -0.39 is 120 Å². The molecule has 22 heteroatoms. The highest BCUT2D eigenvalue weighted by Gasteiger charge is 2.39. The van der Waals surface area contributed by atoms with Crippen LogP contribution in [0.15, 0.2) is 0 Å². The Hall–Kier alpha value is -5.83. The fraction of sp³-hybridized carbons (Fsp3) is 0.780. The summed E-state index contributed by atoms with van der Waals surface area (Å²) in [7, 11) is 8.50. The third kappa shape index (κ3) is 21.5. The van der Waals surface area contributed by atoms with Gasteiger partial charge in [0.2, 0.25) is 53.2 Å². The van der Waals surface area contributed by atoms with Crippen molar-refractivity contribution in [1.29, 1.82) is 0 Å². The molecule has 0 aromatic heterocycles. The molecule has 0 heterocycles. The molecule has 0 aromatic rings. The molecule has 0 saturated heterocycles. The van der Waals surface area contributed by atoms with Crippen LogP contribution in [-0.2, 0) is 47.9 Å². The van der Waals surface area contributed by atoms with Crippen molar-refractivity contribution in [3.05, 3.63) is 0 Å². The Morgan fingerprint density at radius 3 is 1.40 bits per heavy atom. The standard InChI is InChI=1S/C50H90N10O12/c1-19-21-39(61)57(15)38(25-32(11)26-41(63)64)46(68)53-34(20-2)48(70)56(14)27-40(62)58(16)36(23-29(5)6)47(69)54-42(31(9)10)49(71)59(17)37(24-30(7)8)45(67)52-33(12)43(65)55-50(72)60(18)35(22-28(3)4)44(66)51-13/h28-38,42H,19-27H2,1-18H3,(H,51,66)(H,52,67)(H,53,68)(H,54,69)(H,63,64)(H,55,65,72)/t32-,33+,34-,35-,36-,37-,38?,42-/m0/s1. The van der Waals surface area contributed by atoms with Crippen molar-refractivity contribution in [1.82, 2.24) is 51.1 Å². The lowest BCUT2D eigenvalue weighted by molar-refractivity contribution is -0.147. The predicted octanol–water partition coefficient (Wildman–Crippen LogP) is 2.19. The predicted molar refractivity (Wildman–Crippen MR) is 272 cm³/mol. The van der Waals surface area contributed by atoms with Crippen LogP contribution < -0.4 is 26.6 Å². The summed E-state index contributed by atoms with van der Waals surface area (Å²) in [4.78, 5) is 153. The Morgan fingerprint density at radius 2 is 0.958 bits per heavy atom. The Kier molecular flexibility index (Phi) is 29.0. The van der Waals surface area contributed by atoms with Gasteiger partial charge in [0.1, 0.15) is 42.3 Å². The van der Waals surface area contributed by atoms with E-state index in [1.807, 2.05) is 48.5 Å². The van der Waals surface area contributed by atoms with Crippen LogP contribution >= 0.6 is 0 Å². The maximum Gasteiger partial charge on any atom is 0.324 e. The van der Waals surface area contributed by atoms with E-state index in [0.29, 0.717) is 12.8 Å². The first-order valence-electron chi connectivity index (χ1n) is 25.2. The van der Waals surface area contributed by atoms with Gasteiger partial charge in [-0.05, 0) is 75.0 Å². The summed E-state index contributed by atoms with van der Waals surface area (Å²) < 4.78 is 0. The molecule has 1 unspecified atom stereocenters. The van der Waals surface area contributed by atoms with Gasteiger partial charge in [0.05, 0.1) is 6.54 Å². The Labute approximate surface area is 428 Å². The van der Waals surface area contributed by atoms with Gasteiger partial charge >= 0.3 is 12.0 Å². The van der Waals surface area contributed by atoms with Crippen LogP contribution in [0.25, 0.3) is 0 Å². The maximum atomic E-state index is 14.4. The molecule has 72 heavy (non-hydrogen) atoms. The van der Waals surface area contributed by atoms with Crippen LogP contribution in [-0.4, -0.2) is 186 Å². The maximum absolute atomic E-state index is 14.4. The number of rotatable bonds is 30. The number of hydrogen-bond acceptors (Lipinski definition) is 11. The molecule has 0 fully saturated rings. The topological polar surface area (TPSA) is 284 Å². The fourth-order valence-corrected chi connectivity index (χ4v) is 7.99. The quantitative estimate of drug-likeness (QED) is 0.0604. The minimum Gasteiger partial charge on any atom is -0.481 e. The molecule has 11 amide bonds. The molecule has 0 aliphatic rings. The number of carbonyl (C=O) groups is 11. The summed E-state index contributed by atoms with van der Waals surface area (Å²) >= 11 is 0. The minimum atomic E-state index is -1.24. The number of amides is 11. The smallest absolute Gasteiger partial charge is 0.324 e. The number of aliphatic carboxylic acids is 1. The number of nitrogens with one attached hydrogen (secondary N) is 5. The van der Waals surface area contributed by atoms with Gasteiger partial charge in [-0.3, -0.25) is 53.3 Å². The second-order valence-corrected chi connectivity index (χ2v) is 20.7. The number of imide groups is 1. The lowest BCUT2D eigenvalue weighted by Gasteiger charge is -2.35. The first kappa shape index (κ1) is 66.2. The van der Waals surface area contributed by atoms with Gasteiger partial charge in [-0.25, -0.2) is 4.79 Å². The zero-order valence-electron chi connectivity index (χ0n) is 46.5. The monoisotopic (exact) mass is 1020 g/mol. The van der Waals surface area contributed by atoms with Gasteiger partial charge in [-0.15, -0.1) is 0 Å². The Balaban J connectivity index is 6.34. The molecule has 8 atom stereocenters. The van der Waals surface area contributed by atoms with E-state index in [9.17, 15) is 57.8 Å². The number of carboxylic acids is 1. The van der Waals surface area contributed by atoms with E-state index in [4.69, 9.17) is 0 Å². The minimum absolute atomic E-state index is 0.0333. The normalized spacial score (nSPS) is 14.6. The third-order valence-corrected chi connectivity index (χ3v) is 12.5. The number of nitrogens with zero attached hydrogens (tertiary/aromatic N) is 5. The van der Waals surface area contributed by atoms with Crippen LogP contribution in [0.2, 0.25) is 0 Å². The van der Waals surface area contributed by atoms with E-state index in [0.717, 1.165) is 9.80 Å². The highest BCUT2D eigenvalue weighted by molar-refractivity contribution is 6.01. The van der Waals surface area contributed by atoms with Crippen molar-refractivity contribution in [3.8, 4) is 0 Å². The lowest BCUT2D eigenvalue weighted by atomic mass is 9.96. The summed E-state index contributed by atoms with van der Waals surface area (Å²) in [6.07, 6.45) is 1.27. The first-order chi connectivity index (χ1) is 33.3. The molecule has 412 valence electrons. The first-order valence-corrected chi connectivity index (χ1v) is 25.2. The number of hydrogen-bond donors (Lipinski definition) is 6. The van der Waals surface area contributed by atoms with Crippen molar-refractivity contribution >= 4 is 65.2 Å². The molecular formula is C50H90N10O12. The van der Waals surface area contributed by atoms with Gasteiger partial charge in [0, 0.05) is 55.1 Å². The zero-order chi connectivity index (χ0) is 56.1. The van der Waals surface area contributed by atoms with Crippen molar-refractivity contribution in [2.45, 2.75) is 177 Å². The van der Waals surface area contributed by atoms with Crippen molar-refractivity contribution in [2.24, 2.45) is 29.6 Å². The van der Waals surface area contributed by atoms with Gasteiger partial charge < -0.3 is 50.9 Å². The molecule has 0 spiro atoms. The molecule has 0 aliphatic heterocycles. The summed E-state index contributed by atoms with van der Waals surface area (Å²) in [6.45, 7) is 20.6. The zero-order valence-corrected chi connectivity index (χ0v) is 46.5. The van der Waals surface area contributed by atoms with Gasteiger partial charge in [-0.1, -0.05) is 76.2 Å². The van der Waals surface area contributed by atoms with Crippen LogP contribution in [0.3, 0.4) is 0 Å². The number of urea groups is 1. The van der Waals surface area contributed by atoms with E-state index >= 15 is 0 Å². The fourth-order valence-electron chi connectivity index (χ4n) is 7.99. The second-order valence-electron chi connectivity index (χ2n) is 20.7. The average Bonchev–Trinajstić information content (AvgIpc) is 3.29.